The van der Waals surface area contributed by atoms with Crippen LogP contribution in [0, 0.1) is 0 Å². The molecule has 130 valence electrons. The second kappa shape index (κ2) is 7.79. The minimum absolute atomic E-state index is 0.307. The summed E-state index contributed by atoms with van der Waals surface area (Å²) in [5.41, 5.74) is 8.04. The van der Waals surface area contributed by atoms with Crippen LogP contribution in [0.1, 0.15) is 15.9 Å². The fraction of sp³-hybridized carbons (Fsp3) is 0. The maximum atomic E-state index is 12.7. The van der Waals surface area contributed by atoms with E-state index in [1.54, 1.807) is 30.3 Å². The van der Waals surface area contributed by atoms with Gasteiger partial charge in [-0.05, 0) is 35.0 Å². The Morgan fingerprint density at radius 1 is 1.08 bits per heavy atom. The molecular weight excluding hydrogens is 398 g/mol. The van der Waals surface area contributed by atoms with E-state index in [1.165, 1.54) is 6.21 Å². The van der Waals surface area contributed by atoms with Crippen molar-refractivity contribution in [1.82, 2.24) is 5.43 Å². The second-order valence-corrected chi connectivity index (χ2v) is 6.25. The number of nitrogens with one attached hydrogen (secondary N) is 1. The van der Waals surface area contributed by atoms with Crippen LogP contribution in [-0.2, 0) is 0 Å². The van der Waals surface area contributed by atoms with E-state index in [1.807, 2.05) is 30.3 Å². The molecular formula is C19H14BrN3O3. The van der Waals surface area contributed by atoms with Gasteiger partial charge in [0.25, 0.3) is 0 Å². The Morgan fingerprint density at radius 3 is 2.65 bits per heavy atom. The van der Waals surface area contributed by atoms with Gasteiger partial charge in [0.05, 0.1) is 11.8 Å². The average molecular weight is 412 g/mol. The van der Waals surface area contributed by atoms with Gasteiger partial charge >= 0.3 is 12.0 Å². The molecule has 0 heterocycles. The van der Waals surface area contributed by atoms with Gasteiger partial charge in [-0.1, -0.05) is 52.3 Å². The molecule has 26 heavy (non-hydrogen) atoms. The number of esters is 1. The standard InChI is InChI=1S/C19H14BrN3O3/c20-14-8-9-17(13(10-14)11-22-23-19(21)25)26-18(24)16-7-3-5-12-4-1-2-6-15(12)16/h1-11H,(H3,21,23,25). The van der Waals surface area contributed by atoms with E-state index in [9.17, 15) is 9.59 Å². The molecule has 6 nitrogen and oxygen atoms in total. The molecule has 3 aromatic carbocycles. The molecule has 0 fully saturated rings. The number of amides is 2. The number of urea groups is 1. The molecule has 0 bridgehead atoms. The zero-order valence-electron chi connectivity index (χ0n) is 13.5. The van der Waals surface area contributed by atoms with E-state index >= 15 is 0 Å². The third-order valence-electron chi connectivity index (χ3n) is 3.56. The quantitative estimate of drug-likeness (QED) is 0.295. The molecule has 0 aliphatic carbocycles. The number of ether oxygens (including phenoxy) is 1. The van der Waals surface area contributed by atoms with Crippen LogP contribution >= 0.6 is 15.9 Å². The van der Waals surface area contributed by atoms with Gasteiger partial charge in [0.2, 0.25) is 0 Å². The molecule has 0 saturated heterocycles. The Balaban J connectivity index is 1.91. The SMILES string of the molecule is NC(=O)NN=Cc1cc(Br)ccc1OC(=O)c1cccc2ccccc12. The molecule has 0 aliphatic heterocycles. The number of carbonyl (C=O) groups excluding carboxylic acids is 2. The highest BCUT2D eigenvalue weighted by Crippen LogP contribution is 2.25. The largest absolute Gasteiger partial charge is 0.422 e. The number of rotatable bonds is 4. The fourth-order valence-corrected chi connectivity index (χ4v) is 2.82. The predicted octanol–water partition coefficient (Wildman–Crippen LogP) is 3.82. The molecule has 0 atom stereocenters. The lowest BCUT2D eigenvalue weighted by Gasteiger charge is -2.10. The van der Waals surface area contributed by atoms with Crippen molar-refractivity contribution < 1.29 is 14.3 Å². The highest BCUT2D eigenvalue weighted by atomic mass is 79.9. The number of benzene rings is 3. The van der Waals surface area contributed by atoms with Crippen LogP contribution in [0.15, 0.2) is 70.2 Å². The van der Waals surface area contributed by atoms with Crippen molar-refractivity contribution in [1.29, 1.82) is 0 Å². The zero-order valence-corrected chi connectivity index (χ0v) is 15.1. The first-order valence-electron chi connectivity index (χ1n) is 7.62. The van der Waals surface area contributed by atoms with E-state index in [4.69, 9.17) is 10.5 Å². The molecule has 3 N–H and O–H groups in total. The summed E-state index contributed by atoms with van der Waals surface area (Å²) >= 11 is 3.35. The molecule has 0 radical (unpaired) electrons. The van der Waals surface area contributed by atoms with E-state index in [2.05, 4.69) is 26.5 Å². The number of hydrogen-bond acceptors (Lipinski definition) is 4. The first-order chi connectivity index (χ1) is 12.5. The lowest BCUT2D eigenvalue weighted by Crippen LogP contribution is -2.24. The van der Waals surface area contributed by atoms with Crippen LogP contribution in [0.2, 0.25) is 0 Å². The maximum absolute atomic E-state index is 12.7. The number of halogens is 1. The van der Waals surface area contributed by atoms with Gasteiger partial charge < -0.3 is 10.5 Å². The van der Waals surface area contributed by atoms with Crippen molar-refractivity contribution in [3.05, 3.63) is 76.3 Å². The van der Waals surface area contributed by atoms with Crippen LogP contribution in [0.4, 0.5) is 4.79 Å². The molecule has 0 aromatic heterocycles. The average Bonchev–Trinajstić information content (AvgIpc) is 2.63. The maximum Gasteiger partial charge on any atom is 0.344 e. The number of nitrogens with two attached hydrogens (primary N) is 1. The Hall–Kier alpha value is -3.19. The normalized spacial score (nSPS) is 10.8. The predicted molar refractivity (Wildman–Crippen MR) is 103 cm³/mol. The summed E-state index contributed by atoms with van der Waals surface area (Å²) in [6, 6.07) is 17.3. The minimum Gasteiger partial charge on any atom is -0.422 e. The van der Waals surface area contributed by atoms with E-state index in [0.29, 0.717) is 16.9 Å². The minimum atomic E-state index is -0.787. The Bertz CT molecular complexity index is 1010. The van der Waals surface area contributed by atoms with Crippen molar-refractivity contribution in [2.45, 2.75) is 0 Å². The first-order valence-corrected chi connectivity index (χ1v) is 8.42. The van der Waals surface area contributed by atoms with Crippen LogP contribution < -0.4 is 15.9 Å². The van der Waals surface area contributed by atoms with E-state index in [-0.39, 0.29) is 0 Å². The van der Waals surface area contributed by atoms with Crippen molar-refractivity contribution in [2.24, 2.45) is 10.8 Å². The van der Waals surface area contributed by atoms with Crippen molar-refractivity contribution in [3.8, 4) is 5.75 Å². The van der Waals surface area contributed by atoms with Crippen molar-refractivity contribution in [2.75, 3.05) is 0 Å². The smallest absolute Gasteiger partial charge is 0.344 e. The van der Waals surface area contributed by atoms with Gasteiger partial charge in [-0.3, -0.25) is 0 Å². The molecule has 0 spiro atoms. The zero-order chi connectivity index (χ0) is 18.5. The summed E-state index contributed by atoms with van der Waals surface area (Å²) in [6.07, 6.45) is 1.35. The van der Waals surface area contributed by atoms with Gasteiger partial charge in [-0.15, -0.1) is 0 Å². The summed E-state index contributed by atoms with van der Waals surface area (Å²) < 4.78 is 6.32. The first kappa shape index (κ1) is 17.6. The summed E-state index contributed by atoms with van der Waals surface area (Å²) in [5.74, 6) is -0.178. The fourth-order valence-electron chi connectivity index (χ4n) is 2.44. The van der Waals surface area contributed by atoms with Gasteiger partial charge in [-0.2, -0.15) is 5.10 Å². The molecule has 3 aromatic rings. The highest BCUT2D eigenvalue weighted by molar-refractivity contribution is 9.10. The van der Waals surface area contributed by atoms with Crippen molar-refractivity contribution in [3.63, 3.8) is 0 Å². The van der Waals surface area contributed by atoms with Gasteiger partial charge in [0.15, 0.2) is 0 Å². The topological polar surface area (TPSA) is 93.8 Å². The Kier molecular flexibility index (Phi) is 5.28. The molecule has 2 amide bonds. The molecule has 0 aliphatic rings. The third-order valence-corrected chi connectivity index (χ3v) is 4.06. The van der Waals surface area contributed by atoms with Gasteiger partial charge in [-0.25, -0.2) is 15.0 Å². The molecule has 0 saturated carbocycles. The molecule has 7 heteroatoms. The number of hydrazone groups is 1. The summed E-state index contributed by atoms with van der Waals surface area (Å²) in [5, 5.41) is 5.47. The third kappa shape index (κ3) is 4.07. The van der Waals surface area contributed by atoms with Gasteiger partial charge in [0, 0.05) is 10.0 Å². The van der Waals surface area contributed by atoms with Crippen LogP contribution in [0.25, 0.3) is 10.8 Å². The lowest BCUT2D eigenvalue weighted by atomic mass is 10.0. The van der Waals surface area contributed by atoms with Gasteiger partial charge in [0.1, 0.15) is 5.75 Å². The second-order valence-electron chi connectivity index (χ2n) is 5.33. The Labute approximate surface area is 157 Å². The molecule has 3 rings (SSSR count). The number of nitrogens with zero attached hydrogens (tertiary/aromatic N) is 1. The Morgan fingerprint density at radius 2 is 1.85 bits per heavy atom. The van der Waals surface area contributed by atoms with Crippen LogP contribution in [0.3, 0.4) is 0 Å². The number of hydrogen-bond donors (Lipinski definition) is 2. The lowest BCUT2D eigenvalue weighted by molar-refractivity contribution is 0.0736. The summed E-state index contributed by atoms with van der Waals surface area (Å²) in [7, 11) is 0. The number of carbonyl (C=O) groups is 2. The van der Waals surface area contributed by atoms with E-state index < -0.39 is 12.0 Å². The molecule has 0 unspecified atom stereocenters. The van der Waals surface area contributed by atoms with Crippen LogP contribution in [0.5, 0.6) is 5.75 Å². The highest BCUT2D eigenvalue weighted by Gasteiger charge is 2.14. The number of primary amides is 1. The monoisotopic (exact) mass is 411 g/mol. The van der Waals surface area contributed by atoms with E-state index in [0.717, 1.165) is 15.2 Å². The van der Waals surface area contributed by atoms with Crippen molar-refractivity contribution >= 4 is 44.9 Å². The van der Waals surface area contributed by atoms with Crippen LogP contribution in [-0.4, -0.2) is 18.2 Å². The summed E-state index contributed by atoms with van der Waals surface area (Å²) in [4.78, 5) is 23.4. The summed E-state index contributed by atoms with van der Waals surface area (Å²) in [6.45, 7) is 0. The number of fused-ring (bicyclic) bond motifs is 1.